The fourth-order valence-corrected chi connectivity index (χ4v) is 6.09. The molecule has 2 saturated heterocycles. The third kappa shape index (κ3) is 7.92. The van der Waals surface area contributed by atoms with Crippen LogP contribution in [0.5, 0.6) is 5.75 Å². The van der Waals surface area contributed by atoms with Crippen LogP contribution in [0.15, 0.2) is 53.6 Å². The second-order valence-electron chi connectivity index (χ2n) is 13.6. The number of rotatable bonds is 10. The van der Waals surface area contributed by atoms with Crippen LogP contribution in [-0.4, -0.2) is 92.9 Å². The van der Waals surface area contributed by atoms with Gasteiger partial charge in [-0.1, -0.05) is 12.1 Å². The molecule has 2 aliphatic rings. The van der Waals surface area contributed by atoms with Crippen LogP contribution in [0.4, 0.5) is 24.3 Å². The van der Waals surface area contributed by atoms with Gasteiger partial charge in [-0.25, -0.2) is 24.4 Å². The molecule has 0 radical (unpaired) electrons. The van der Waals surface area contributed by atoms with E-state index in [0.29, 0.717) is 59.8 Å². The number of cyclic esters (lactones) is 1. The smallest absolute Gasteiger partial charge is 0.410 e. The summed E-state index contributed by atoms with van der Waals surface area (Å²) in [7, 11) is 1.57. The van der Waals surface area contributed by atoms with Crippen molar-refractivity contribution in [3.05, 3.63) is 70.3 Å². The largest absolute Gasteiger partial charge is 0.459 e. The minimum atomic E-state index is -3.11. The van der Waals surface area contributed by atoms with Gasteiger partial charge in [-0.15, -0.1) is 0 Å². The second-order valence-corrected chi connectivity index (χ2v) is 13.6. The molecular weight excluding hydrogens is 684 g/mol. The minimum absolute atomic E-state index is 0.0477. The van der Waals surface area contributed by atoms with Gasteiger partial charge in [0.15, 0.2) is 0 Å². The lowest BCUT2D eigenvalue weighted by molar-refractivity contribution is -0.147. The molecule has 2 aromatic heterocycles. The number of nitrogens with zero attached hydrogens (tertiary/aromatic N) is 6. The average Bonchev–Trinajstić information content (AvgIpc) is 3.58. The molecule has 2 fully saturated rings. The fraction of sp³-hybridized carbons (Fsp3) is 0.429. The van der Waals surface area contributed by atoms with Crippen LogP contribution in [0.3, 0.4) is 0 Å². The molecule has 6 rings (SSSR count). The minimum Gasteiger partial charge on any atom is -0.459 e. The summed E-state index contributed by atoms with van der Waals surface area (Å²) in [6.45, 7) is 5.10. The molecule has 17 heteroatoms. The first-order chi connectivity index (χ1) is 24.7. The van der Waals surface area contributed by atoms with Gasteiger partial charge < -0.3 is 29.2 Å². The van der Waals surface area contributed by atoms with Crippen molar-refractivity contribution in [3.8, 4) is 16.9 Å². The zero-order chi connectivity index (χ0) is 37.3. The number of hydrogen-bond donors (Lipinski definition) is 1. The van der Waals surface area contributed by atoms with Gasteiger partial charge in [-0.3, -0.25) is 19.1 Å². The van der Waals surface area contributed by atoms with Crippen molar-refractivity contribution in [2.24, 2.45) is 7.05 Å². The average molecular weight is 724 g/mol. The summed E-state index contributed by atoms with van der Waals surface area (Å²) in [5.74, 6) is -0.327. The third-order valence-electron chi connectivity index (χ3n) is 8.66. The molecule has 0 saturated carbocycles. The van der Waals surface area contributed by atoms with Crippen LogP contribution in [0, 0.1) is 0 Å². The Bertz CT molecular complexity index is 2040. The van der Waals surface area contributed by atoms with Gasteiger partial charge in [0.1, 0.15) is 30.6 Å². The van der Waals surface area contributed by atoms with E-state index in [-0.39, 0.29) is 36.6 Å². The first-order valence-corrected chi connectivity index (χ1v) is 16.6. The van der Waals surface area contributed by atoms with Gasteiger partial charge in [0, 0.05) is 50.2 Å². The van der Waals surface area contributed by atoms with E-state index in [2.05, 4.69) is 15.3 Å². The molecule has 15 nitrogen and oxygen atoms in total. The number of alkyl halides is 2. The van der Waals surface area contributed by atoms with Gasteiger partial charge in [0.2, 0.25) is 5.95 Å². The van der Waals surface area contributed by atoms with Gasteiger partial charge in [-0.05, 0) is 63.1 Å². The Hall–Kier alpha value is -5.74. The van der Waals surface area contributed by atoms with Crippen LogP contribution in [0.2, 0.25) is 0 Å². The second kappa shape index (κ2) is 14.5. The van der Waals surface area contributed by atoms with Crippen LogP contribution in [0.25, 0.3) is 22.0 Å². The number of halogens is 2. The molecule has 2 atom stereocenters. The molecule has 276 valence electrons. The predicted octanol–water partition coefficient (Wildman–Crippen LogP) is 4.04. The number of amides is 2. The summed E-state index contributed by atoms with van der Waals surface area (Å²) in [6, 6.07) is 8.58. The molecule has 4 heterocycles. The Balaban J connectivity index is 1.21. The highest BCUT2D eigenvalue weighted by atomic mass is 19.3. The SMILES string of the molecule is CC(NC(=O)OC(C)(C)C)C(=O)OCc1ccc(OC(F)F)c(Cn2c3cc(-c4cnc(N5CCN6C(=O)OCC6C5)nc4)ccc3c(=O)n2C)c1. The molecule has 2 aromatic carbocycles. The summed E-state index contributed by atoms with van der Waals surface area (Å²) in [4.78, 5) is 62.6. The summed E-state index contributed by atoms with van der Waals surface area (Å²) >= 11 is 0. The maximum atomic E-state index is 13.5. The first kappa shape index (κ1) is 36.1. The maximum Gasteiger partial charge on any atom is 0.410 e. The summed E-state index contributed by atoms with van der Waals surface area (Å²) < 4.78 is 50.4. The van der Waals surface area contributed by atoms with E-state index in [1.807, 2.05) is 4.90 Å². The van der Waals surface area contributed by atoms with E-state index >= 15 is 0 Å². The van der Waals surface area contributed by atoms with E-state index in [4.69, 9.17) is 18.9 Å². The van der Waals surface area contributed by atoms with Crippen molar-refractivity contribution in [3.63, 3.8) is 0 Å². The Kier molecular flexibility index (Phi) is 10.0. The number of carbonyl (C=O) groups is 3. The fourth-order valence-electron chi connectivity index (χ4n) is 6.09. The molecule has 2 unspecified atom stereocenters. The lowest BCUT2D eigenvalue weighted by Gasteiger charge is -2.35. The highest BCUT2D eigenvalue weighted by Crippen LogP contribution is 2.28. The Morgan fingerprint density at radius 2 is 1.81 bits per heavy atom. The number of aromatic nitrogens is 4. The molecule has 0 bridgehead atoms. The van der Waals surface area contributed by atoms with Crippen LogP contribution < -0.4 is 20.5 Å². The third-order valence-corrected chi connectivity index (χ3v) is 8.66. The van der Waals surface area contributed by atoms with E-state index in [0.717, 1.165) is 5.56 Å². The Morgan fingerprint density at radius 1 is 1.06 bits per heavy atom. The first-order valence-electron chi connectivity index (χ1n) is 16.6. The summed E-state index contributed by atoms with van der Waals surface area (Å²) in [6.07, 6.45) is 2.28. The quantitative estimate of drug-likeness (QED) is 0.186. The molecule has 1 N–H and O–H groups in total. The Morgan fingerprint density at radius 3 is 2.52 bits per heavy atom. The van der Waals surface area contributed by atoms with Crippen molar-refractivity contribution < 1.29 is 42.1 Å². The number of anilines is 1. The number of ether oxygens (including phenoxy) is 4. The molecular formula is C35H39F2N7O8. The molecule has 0 spiro atoms. The van der Waals surface area contributed by atoms with Crippen molar-refractivity contribution >= 4 is 35.0 Å². The van der Waals surface area contributed by atoms with Crippen LogP contribution in [-0.2, 0) is 39.2 Å². The molecule has 2 aliphatic heterocycles. The van der Waals surface area contributed by atoms with Crippen LogP contribution in [0.1, 0.15) is 38.8 Å². The van der Waals surface area contributed by atoms with Crippen molar-refractivity contribution in [2.45, 2.75) is 65.1 Å². The normalized spacial score (nSPS) is 16.5. The number of alkyl carbamates (subject to hydrolysis) is 1. The van der Waals surface area contributed by atoms with Crippen molar-refractivity contribution in [2.75, 3.05) is 31.1 Å². The monoisotopic (exact) mass is 723 g/mol. The number of piperazine rings is 1. The topological polar surface area (TPSA) is 159 Å². The van der Waals surface area contributed by atoms with E-state index in [1.54, 1.807) is 74.1 Å². The van der Waals surface area contributed by atoms with Crippen molar-refractivity contribution in [1.29, 1.82) is 0 Å². The highest BCUT2D eigenvalue weighted by molar-refractivity contribution is 5.84. The lowest BCUT2D eigenvalue weighted by atomic mass is 10.1. The Labute approximate surface area is 297 Å². The zero-order valence-electron chi connectivity index (χ0n) is 29.3. The van der Waals surface area contributed by atoms with E-state index in [9.17, 15) is 28.0 Å². The number of carbonyl (C=O) groups excluding carboxylic acids is 3. The summed E-state index contributed by atoms with van der Waals surface area (Å²) in [5, 5.41) is 2.82. The number of nitrogens with one attached hydrogen (secondary N) is 1. The zero-order valence-corrected chi connectivity index (χ0v) is 29.3. The van der Waals surface area contributed by atoms with Gasteiger partial charge in [-0.2, -0.15) is 8.78 Å². The molecule has 4 aromatic rings. The molecule has 0 aliphatic carbocycles. The number of hydrogen-bond acceptors (Lipinski definition) is 11. The standard InChI is InChI=1S/C35H39F2N7O8/c1-20(40-33(47)52-35(2,3)4)30(46)49-18-21-6-9-28(51-31(36)37)23(12-21)16-44-27-13-22(7-8-26(27)29(45)41(44)5)24-14-38-32(39-15-24)42-10-11-43-25(17-42)19-50-34(43)48/h6-9,12-15,20,25,31H,10-11,16-19H2,1-5H3,(H,40,47). The highest BCUT2D eigenvalue weighted by Gasteiger charge is 2.38. The predicted molar refractivity (Wildman–Crippen MR) is 183 cm³/mol. The molecule has 52 heavy (non-hydrogen) atoms. The van der Waals surface area contributed by atoms with Crippen molar-refractivity contribution in [1.82, 2.24) is 29.5 Å². The van der Waals surface area contributed by atoms with E-state index in [1.165, 1.54) is 23.7 Å². The summed E-state index contributed by atoms with van der Waals surface area (Å²) in [5.41, 5.74) is 1.64. The maximum absolute atomic E-state index is 13.5. The van der Waals surface area contributed by atoms with Gasteiger partial charge in [0.05, 0.1) is 23.5 Å². The number of esters is 1. The lowest BCUT2D eigenvalue weighted by Crippen LogP contribution is -2.52. The van der Waals surface area contributed by atoms with E-state index < -0.39 is 30.3 Å². The molecule has 2 amide bonds. The number of benzene rings is 2. The van der Waals surface area contributed by atoms with Crippen LogP contribution >= 0.6 is 0 Å². The van der Waals surface area contributed by atoms with Gasteiger partial charge >= 0.3 is 24.8 Å². The van der Waals surface area contributed by atoms with Gasteiger partial charge in [0.25, 0.3) is 5.56 Å². The number of fused-ring (bicyclic) bond motifs is 2.